The minimum atomic E-state index is -0.805. The highest BCUT2D eigenvalue weighted by Gasteiger charge is 2.33. The first-order valence-electron chi connectivity index (χ1n) is 5.10. The summed E-state index contributed by atoms with van der Waals surface area (Å²) >= 11 is 0. The standard InChI is InChI=1S/C10H15N3O2.2ClH/c1-5(2)8-9-6(11-4-12-9)3-7(13-8)10(14)15;;/h4-5,7-8,13H,3H2,1-2H3,(H,11,12)(H,14,15);2*1H. The van der Waals surface area contributed by atoms with Crippen LogP contribution in [-0.2, 0) is 11.2 Å². The Balaban J connectivity index is 0.00000128. The second kappa shape index (κ2) is 6.23. The maximum atomic E-state index is 11.0. The topological polar surface area (TPSA) is 78.0 Å². The largest absolute Gasteiger partial charge is 0.480 e. The quantitative estimate of drug-likeness (QED) is 0.769. The van der Waals surface area contributed by atoms with E-state index in [1.54, 1.807) is 6.33 Å². The molecule has 2 unspecified atom stereocenters. The maximum Gasteiger partial charge on any atom is 0.321 e. The molecule has 0 saturated carbocycles. The third-order valence-electron chi connectivity index (χ3n) is 2.80. The van der Waals surface area contributed by atoms with Crippen molar-refractivity contribution in [3.63, 3.8) is 0 Å². The van der Waals surface area contributed by atoms with E-state index in [0.29, 0.717) is 12.3 Å². The molecule has 1 aromatic heterocycles. The summed E-state index contributed by atoms with van der Waals surface area (Å²) in [5, 5.41) is 12.1. The normalized spacial score (nSPS) is 22.3. The average Bonchev–Trinajstić information content (AvgIpc) is 2.62. The molecule has 2 atom stereocenters. The third-order valence-corrected chi connectivity index (χ3v) is 2.80. The van der Waals surface area contributed by atoms with Gasteiger partial charge in [-0.1, -0.05) is 13.8 Å². The molecule has 0 bridgehead atoms. The van der Waals surface area contributed by atoms with Gasteiger partial charge >= 0.3 is 5.97 Å². The van der Waals surface area contributed by atoms with Crippen molar-refractivity contribution in [2.75, 3.05) is 0 Å². The summed E-state index contributed by atoms with van der Waals surface area (Å²) in [6, 6.07) is -0.480. The van der Waals surface area contributed by atoms with Crippen molar-refractivity contribution in [3.05, 3.63) is 17.7 Å². The lowest BCUT2D eigenvalue weighted by molar-refractivity contribution is -0.140. The molecule has 1 aliphatic rings. The number of H-pyrrole nitrogens is 1. The number of hydrogen-bond acceptors (Lipinski definition) is 3. The first-order chi connectivity index (χ1) is 7.09. The molecule has 0 aromatic carbocycles. The number of halogens is 2. The molecule has 1 aromatic rings. The third kappa shape index (κ3) is 3.12. The van der Waals surface area contributed by atoms with Crippen molar-refractivity contribution in [3.8, 4) is 0 Å². The number of imidazole rings is 1. The highest BCUT2D eigenvalue weighted by Crippen LogP contribution is 2.27. The second-order valence-electron chi connectivity index (χ2n) is 4.25. The van der Waals surface area contributed by atoms with Crippen LogP contribution in [0.15, 0.2) is 6.33 Å². The molecule has 5 nitrogen and oxygen atoms in total. The van der Waals surface area contributed by atoms with E-state index in [1.807, 2.05) is 0 Å². The van der Waals surface area contributed by atoms with E-state index in [-0.39, 0.29) is 30.9 Å². The Hall–Kier alpha value is -0.780. The van der Waals surface area contributed by atoms with Gasteiger partial charge in [0, 0.05) is 12.1 Å². The molecule has 0 amide bonds. The van der Waals surface area contributed by atoms with Crippen LogP contribution in [0.4, 0.5) is 0 Å². The first kappa shape index (κ1) is 16.2. The van der Waals surface area contributed by atoms with Crippen molar-refractivity contribution in [1.82, 2.24) is 15.3 Å². The van der Waals surface area contributed by atoms with Crippen LogP contribution < -0.4 is 5.32 Å². The van der Waals surface area contributed by atoms with Crippen LogP contribution in [0.25, 0.3) is 0 Å². The number of nitrogens with one attached hydrogen (secondary N) is 2. The molecule has 0 radical (unpaired) electrons. The number of fused-ring (bicyclic) bond motifs is 1. The van der Waals surface area contributed by atoms with E-state index in [4.69, 9.17) is 5.11 Å². The van der Waals surface area contributed by atoms with Gasteiger partial charge < -0.3 is 10.1 Å². The zero-order valence-electron chi connectivity index (χ0n) is 9.64. The Labute approximate surface area is 112 Å². The Morgan fingerprint density at radius 2 is 2.18 bits per heavy atom. The fourth-order valence-corrected chi connectivity index (χ4v) is 1.99. The summed E-state index contributed by atoms with van der Waals surface area (Å²) in [7, 11) is 0. The monoisotopic (exact) mass is 281 g/mol. The van der Waals surface area contributed by atoms with Crippen molar-refractivity contribution in [2.24, 2.45) is 5.92 Å². The van der Waals surface area contributed by atoms with Gasteiger partial charge in [0.2, 0.25) is 0 Å². The van der Waals surface area contributed by atoms with Crippen LogP contribution in [0.5, 0.6) is 0 Å². The molecular weight excluding hydrogens is 265 g/mol. The van der Waals surface area contributed by atoms with Crippen molar-refractivity contribution in [2.45, 2.75) is 32.4 Å². The van der Waals surface area contributed by atoms with Crippen molar-refractivity contribution >= 4 is 30.8 Å². The van der Waals surface area contributed by atoms with Gasteiger partial charge in [0.25, 0.3) is 0 Å². The highest BCUT2D eigenvalue weighted by atomic mass is 35.5. The Morgan fingerprint density at radius 3 is 2.71 bits per heavy atom. The van der Waals surface area contributed by atoms with Crippen LogP contribution in [-0.4, -0.2) is 27.1 Å². The van der Waals surface area contributed by atoms with Gasteiger partial charge in [0.1, 0.15) is 6.04 Å². The predicted molar refractivity (Wildman–Crippen MR) is 68.9 cm³/mol. The van der Waals surface area contributed by atoms with Crippen LogP contribution in [0.3, 0.4) is 0 Å². The lowest BCUT2D eigenvalue weighted by Gasteiger charge is -2.30. The maximum absolute atomic E-state index is 11.0. The summed E-state index contributed by atoms with van der Waals surface area (Å²) in [5.41, 5.74) is 1.90. The Bertz CT molecular complexity index is 381. The summed E-state index contributed by atoms with van der Waals surface area (Å²) < 4.78 is 0. The van der Waals surface area contributed by atoms with E-state index in [0.717, 1.165) is 11.4 Å². The van der Waals surface area contributed by atoms with E-state index in [2.05, 4.69) is 29.1 Å². The van der Waals surface area contributed by atoms with E-state index < -0.39 is 12.0 Å². The van der Waals surface area contributed by atoms with Gasteiger partial charge in [0.05, 0.1) is 18.1 Å². The number of carboxylic acids is 1. The molecular formula is C10H17Cl2N3O2. The van der Waals surface area contributed by atoms with Crippen LogP contribution in [0, 0.1) is 5.92 Å². The molecule has 0 fully saturated rings. The van der Waals surface area contributed by atoms with Gasteiger partial charge in [-0.3, -0.25) is 10.1 Å². The lowest BCUT2D eigenvalue weighted by Crippen LogP contribution is -2.46. The van der Waals surface area contributed by atoms with Crippen molar-refractivity contribution < 1.29 is 9.90 Å². The van der Waals surface area contributed by atoms with Crippen LogP contribution >= 0.6 is 24.8 Å². The minimum Gasteiger partial charge on any atom is -0.480 e. The number of nitrogens with zero attached hydrogens (tertiary/aromatic N) is 1. The molecule has 0 saturated heterocycles. The summed E-state index contributed by atoms with van der Waals surface area (Å²) in [5.74, 6) is -0.477. The van der Waals surface area contributed by atoms with Gasteiger partial charge in [-0.25, -0.2) is 4.98 Å². The molecule has 1 aliphatic heterocycles. The molecule has 0 aliphatic carbocycles. The zero-order valence-corrected chi connectivity index (χ0v) is 11.3. The predicted octanol–water partition coefficient (Wildman–Crippen LogP) is 1.55. The summed E-state index contributed by atoms with van der Waals surface area (Å²) in [6.07, 6.45) is 2.11. The molecule has 0 spiro atoms. The van der Waals surface area contributed by atoms with Gasteiger partial charge in [-0.2, -0.15) is 0 Å². The fourth-order valence-electron chi connectivity index (χ4n) is 1.99. The van der Waals surface area contributed by atoms with Crippen molar-refractivity contribution in [1.29, 1.82) is 0 Å². The van der Waals surface area contributed by atoms with Gasteiger partial charge in [0.15, 0.2) is 0 Å². The van der Waals surface area contributed by atoms with Crippen LogP contribution in [0.1, 0.15) is 31.3 Å². The Kier molecular flexibility index (Phi) is 5.95. The summed E-state index contributed by atoms with van der Waals surface area (Å²) in [4.78, 5) is 18.2. The number of aromatic amines is 1. The van der Waals surface area contributed by atoms with E-state index in [9.17, 15) is 4.79 Å². The minimum absolute atomic E-state index is 0. The molecule has 98 valence electrons. The molecule has 3 N–H and O–H groups in total. The SMILES string of the molecule is CC(C)C1NC(C(=O)O)Cc2[nH]cnc21.Cl.Cl. The van der Waals surface area contributed by atoms with Crippen LogP contribution in [0.2, 0.25) is 0 Å². The first-order valence-corrected chi connectivity index (χ1v) is 5.10. The number of aliphatic carboxylic acids is 1. The molecule has 2 rings (SSSR count). The van der Waals surface area contributed by atoms with E-state index in [1.165, 1.54) is 0 Å². The Morgan fingerprint density at radius 1 is 1.53 bits per heavy atom. The average molecular weight is 282 g/mol. The number of rotatable bonds is 2. The highest BCUT2D eigenvalue weighted by molar-refractivity contribution is 5.85. The number of carbonyl (C=O) groups is 1. The molecule has 7 heteroatoms. The number of hydrogen-bond donors (Lipinski definition) is 3. The van der Waals surface area contributed by atoms with Gasteiger partial charge in [-0.05, 0) is 5.92 Å². The van der Waals surface area contributed by atoms with E-state index >= 15 is 0 Å². The molecule has 2 heterocycles. The number of carboxylic acid groups (broad SMARTS) is 1. The number of aromatic nitrogens is 2. The molecule has 17 heavy (non-hydrogen) atoms. The smallest absolute Gasteiger partial charge is 0.321 e. The van der Waals surface area contributed by atoms with Gasteiger partial charge in [-0.15, -0.1) is 24.8 Å². The second-order valence-corrected chi connectivity index (χ2v) is 4.25. The summed E-state index contributed by atoms with van der Waals surface area (Å²) in [6.45, 7) is 4.11. The fraction of sp³-hybridized carbons (Fsp3) is 0.600. The lowest BCUT2D eigenvalue weighted by atomic mass is 9.92. The zero-order chi connectivity index (χ0) is 11.0.